The fourth-order valence-electron chi connectivity index (χ4n) is 4.56. The molecule has 0 bridgehead atoms. The van der Waals surface area contributed by atoms with E-state index in [2.05, 4.69) is 4.98 Å². The Morgan fingerprint density at radius 3 is 2.53 bits per heavy atom. The lowest BCUT2D eigenvalue weighted by molar-refractivity contribution is -0.129. The summed E-state index contributed by atoms with van der Waals surface area (Å²) in [6.45, 7) is 5.93. The zero-order valence-electron chi connectivity index (χ0n) is 18.4. The first kappa shape index (κ1) is 22.7. The lowest BCUT2D eigenvalue weighted by atomic mass is 10.1. The predicted octanol–water partition coefficient (Wildman–Crippen LogP) is 2.94. The van der Waals surface area contributed by atoms with E-state index in [9.17, 15) is 13.2 Å². The van der Waals surface area contributed by atoms with Crippen molar-refractivity contribution in [3.63, 3.8) is 0 Å². The van der Waals surface area contributed by atoms with E-state index >= 15 is 4.39 Å². The summed E-state index contributed by atoms with van der Waals surface area (Å²) in [4.78, 5) is 19.4. The molecule has 1 aromatic heterocycles. The summed E-state index contributed by atoms with van der Waals surface area (Å²) in [7, 11) is -3.65. The van der Waals surface area contributed by atoms with Gasteiger partial charge in [-0.1, -0.05) is 12.1 Å². The lowest BCUT2D eigenvalue weighted by Gasteiger charge is -2.38. The SMILES string of the molecule is CC(=O)N1CCN(c2ccc(CN3[C@@H](C)CC[C@H](c4cccnc4)S3(=O)=O)c(F)c2)CC1. The molecule has 2 aromatic rings. The first-order valence-electron chi connectivity index (χ1n) is 11.0. The first-order valence-corrected chi connectivity index (χ1v) is 12.5. The van der Waals surface area contributed by atoms with Gasteiger partial charge in [0.2, 0.25) is 15.9 Å². The van der Waals surface area contributed by atoms with E-state index in [-0.39, 0.29) is 18.5 Å². The van der Waals surface area contributed by atoms with Crippen LogP contribution in [0.15, 0.2) is 42.7 Å². The smallest absolute Gasteiger partial charge is 0.221 e. The number of halogens is 1. The molecule has 0 unspecified atom stereocenters. The highest BCUT2D eigenvalue weighted by molar-refractivity contribution is 7.89. The van der Waals surface area contributed by atoms with Crippen LogP contribution in [0.25, 0.3) is 0 Å². The Hall–Kier alpha value is -2.52. The molecule has 172 valence electrons. The molecule has 9 heteroatoms. The number of carbonyl (C=O) groups excluding carboxylic acids is 1. The minimum atomic E-state index is -3.65. The normalized spacial score (nSPS) is 23.8. The number of aromatic nitrogens is 1. The number of sulfonamides is 1. The summed E-state index contributed by atoms with van der Waals surface area (Å²) in [5.41, 5.74) is 1.78. The number of nitrogens with zero attached hydrogens (tertiary/aromatic N) is 4. The Bertz CT molecular complexity index is 1070. The van der Waals surface area contributed by atoms with Crippen LogP contribution in [0.2, 0.25) is 0 Å². The molecule has 32 heavy (non-hydrogen) atoms. The zero-order chi connectivity index (χ0) is 22.9. The number of amides is 1. The number of carbonyl (C=O) groups is 1. The monoisotopic (exact) mass is 460 g/mol. The van der Waals surface area contributed by atoms with E-state index in [4.69, 9.17) is 0 Å². The second-order valence-electron chi connectivity index (χ2n) is 8.56. The average molecular weight is 461 g/mol. The van der Waals surface area contributed by atoms with Gasteiger partial charge >= 0.3 is 0 Å². The average Bonchev–Trinajstić information content (AvgIpc) is 2.78. The molecule has 0 aliphatic carbocycles. The Labute approximate surface area is 188 Å². The third-order valence-corrected chi connectivity index (χ3v) is 8.90. The van der Waals surface area contributed by atoms with Gasteiger partial charge in [0.25, 0.3) is 0 Å². The van der Waals surface area contributed by atoms with Gasteiger partial charge < -0.3 is 9.80 Å². The zero-order valence-corrected chi connectivity index (χ0v) is 19.3. The number of hydrogen-bond donors (Lipinski definition) is 0. The van der Waals surface area contributed by atoms with Crippen LogP contribution >= 0.6 is 0 Å². The topological polar surface area (TPSA) is 73.8 Å². The van der Waals surface area contributed by atoms with E-state index in [1.807, 2.05) is 17.9 Å². The number of hydrogen-bond acceptors (Lipinski definition) is 5. The van der Waals surface area contributed by atoms with Crippen molar-refractivity contribution < 1.29 is 17.6 Å². The van der Waals surface area contributed by atoms with Crippen molar-refractivity contribution in [1.82, 2.24) is 14.2 Å². The maximum absolute atomic E-state index is 15.0. The third kappa shape index (κ3) is 4.49. The van der Waals surface area contributed by atoms with Crippen LogP contribution in [0.5, 0.6) is 0 Å². The van der Waals surface area contributed by atoms with Crippen LogP contribution < -0.4 is 4.90 Å². The Morgan fingerprint density at radius 2 is 1.91 bits per heavy atom. The Balaban J connectivity index is 1.51. The number of rotatable bonds is 4. The van der Waals surface area contributed by atoms with Gasteiger partial charge in [-0.25, -0.2) is 12.8 Å². The van der Waals surface area contributed by atoms with E-state index in [0.29, 0.717) is 50.1 Å². The molecule has 2 fully saturated rings. The van der Waals surface area contributed by atoms with Gasteiger partial charge in [-0.3, -0.25) is 9.78 Å². The summed E-state index contributed by atoms with van der Waals surface area (Å²) >= 11 is 0. The van der Waals surface area contributed by atoms with E-state index < -0.39 is 21.1 Å². The lowest BCUT2D eigenvalue weighted by Crippen LogP contribution is -2.48. The van der Waals surface area contributed by atoms with Crippen molar-refractivity contribution >= 4 is 21.6 Å². The number of benzene rings is 1. The van der Waals surface area contributed by atoms with Crippen LogP contribution in [0.4, 0.5) is 10.1 Å². The van der Waals surface area contributed by atoms with Gasteiger partial charge in [0.15, 0.2) is 0 Å². The highest BCUT2D eigenvalue weighted by Gasteiger charge is 2.40. The molecule has 0 radical (unpaired) electrons. The van der Waals surface area contributed by atoms with Crippen molar-refractivity contribution in [3.05, 3.63) is 59.7 Å². The van der Waals surface area contributed by atoms with Gasteiger partial charge in [0.05, 0.1) is 0 Å². The quantitative estimate of drug-likeness (QED) is 0.702. The molecule has 3 heterocycles. The van der Waals surface area contributed by atoms with Crippen LogP contribution in [-0.2, 0) is 21.4 Å². The van der Waals surface area contributed by atoms with Gasteiger partial charge in [-0.2, -0.15) is 4.31 Å². The third-order valence-electron chi connectivity index (χ3n) is 6.53. The first-order chi connectivity index (χ1) is 15.3. The standard InChI is InChI=1S/C23H29FN4O3S/c1-17-5-8-23(19-4-3-9-25-15-19)32(30,31)28(17)16-20-6-7-21(14-22(20)24)27-12-10-26(11-13-27)18(2)29/h3-4,6-7,9,14-15,17,23H,5,8,10-13,16H2,1-2H3/t17-,23+/m0/s1. The minimum Gasteiger partial charge on any atom is -0.368 e. The van der Waals surface area contributed by atoms with Crippen molar-refractivity contribution in [2.75, 3.05) is 31.1 Å². The highest BCUT2D eigenvalue weighted by atomic mass is 32.2. The van der Waals surface area contributed by atoms with Crippen molar-refractivity contribution in [1.29, 1.82) is 0 Å². The highest BCUT2D eigenvalue weighted by Crippen LogP contribution is 2.38. The molecule has 2 saturated heterocycles. The van der Waals surface area contributed by atoms with Crippen molar-refractivity contribution in [2.24, 2.45) is 0 Å². The molecule has 4 rings (SSSR count). The van der Waals surface area contributed by atoms with Crippen LogP contribution in [0.1, 0.15) is 43.1 Å². The predicted molar refractivity (Wildman–Crippen MR) is 121 cm³/mol. The summed E-state index contributed by atoms with van der Waals surface area (Å²) in [6.07, 6.45) is 4.45. The van der Waals surface area contributed by atoms with Crippen LogP contribution in [0, 0.1) is 5.82 Å². The van der Waals surface area contributed by atoms with Crippen LogP contribution in [0.3, 0.4) is 0 Å². The van der Waals surface area contributed by atoms with Crippen molar-refractivity contribution in [2.45, 2.75) is 44.5 Å². The van der Waals surface area contributed by atoms with Crippen LogP contribution in [-0.4, -0.2) is 60.7 Å². The molecule has 2 atom stereocenters. The summed E-state index contributed by atoms with van der Waals surface area (Å²) in [5, 5.41) is -0.660. The molecule has 2 aliphatic rings. The van der Waals surface area contributed by atoms with Gasteiger partial charge in [-0.05, 0) is 43.5 Å². The van der Waals surface area contributed by atoms with Gasteiger partial charge in [-0.15, -0.1) is 0 Å². The molecule has 1 aromatic carbocycles. The summed E-state index contributed by atoms with van der Waals surface area (Å²) in [5.74, 6) is -0.366. The summed E-state index contributed by atoms with van der Waals surface area (Å²) < 4.78 is 43.2. The number of pyridine rings is 1. The van der Waals surface area contributed by atoms with E-state index in [1.54, 1.807) is 42.4 Å². The molecule has 0 spiro atoms. The Kier molecular flexibility index (Phi) is 6.48. The summed E-state index contributed by atoms with van der Waals surface area (Å²) in [6, 6.07) is 8.30. The van der Waals surface area contributed by atoms with Gasteiger partial charge in [0.1, 0.15) is 11.1 Å². The van der Waals surface area contributed by atoms with E-state index in [1.165, 1.54) is 10.4 Å². The molecule has 0 N–H and O–H groups in total. The minimum absolute atomic E-state index is 0.00445. The van der Waals surface area contributed by atoms with Gasteiger partial charge in [0, 0.05) is 69.3 Å². The second kappa shape index (κ2) is 9.15. The van der Waals surface area contributed by atoms with E-state index in [0.717, 1.165) is 5.69 Å². The molecule has 7 nitrogen and oxygen atoms in total. The fraction of sp³-hybridized carbons (Fsp3) is 0.478. The molecular weight excluding hydrogens is 431 g/mol. The maximum Gasteiger partial charge on any atom is 0.221 e. The second-order valence-corrected chi connectivity index (χ2v) is 10.6. The molecular formula is C23H29FN4O3S. The van der Waals surface area contributed by atoms with Crippen molar-refractivity contribution in [3.8, 4) is 0 Å². The fourth-order valence-corrected chi connectivity index (χ4v) is 6.73. The Morgan fingerprint density at radius 1 is 1.16 bits per heavy atom. The number of piperazine rings is 1. The largest absolute Gasteiger partial charge is 0.368 e. The molecule has 0 saturated carbocycles. The number of anilines is 1. The maximum atomic E-state index is 15.0. The molecule has 2 aliphatic heterocycles. The molecule has 1 amide bonds.